The molecule has 0 atom stereocenters. The van der Waals surface area contributed by atoms with Crippen LogP contribution >= 0.6 is 15.9 Å². The van der Waals surface area contributed by atoms with Crippen LogP contribution in [0.1, 0.15) is 33.3 Å². The highest BCUT2D eigenvalue weighted by Gasteiger charge is 2.33. The summed E-state index contributed by atoms with van der Waals surface area (Å²) in [5.41, 5.74) is 2.48. The largest absolute Gasteiger partial charge is 0.493 e. The SMILES string of the molecule is CC.CC1(C)COB(c2cccc(CBr)c2)OC1. The van der Waals surface area contributed by atoms with E-state index in [9.17, 15) is 0 Å². The summed E-state index contributed by atoms with van der Waals surface area (Å²) in [6, 6.07) is 8.30. The number of rotatable bonds is 2. The maximum Gasteiger partial charge on any atom is 0.493 e. The molecule has 2 nitrogen and oxygen atoms in total. The van der Waals surface area contributed by atoms with E-state index in [1.54, 1.807) is 0 Å². The van der Waals surface area contributed by atoms with E-state index in [0.717, 1.165) is 24.0 Å². The first kappa shape index (κ1) is 15.7. The lowest BCUT2D eigenvalue weighted by molar-refractivity contribution is 0.0343. The molecule has 0 radical (unpaired) electrons. The third-order valence-electron chi connectivity index (χ3n) is 2.63. The van der Waals surface area contributed by atoms with Gasteiger partial charge in [-0.15, -0.1) is 0 Å². The maximum atomic E-state index is 5.74. The van der Waals surface area contributed by atoms with Gasteiger partial charge in [-0.25, -0.2) is 0 Å². The Morgan fingerprint density at radius 2 is 1.83 bits per heavy atom. The third-order valence-corrected chi connectivity index (χ3v) is 3.28. The quantitative estimate of drug-likeness (QED) is 0.616. The van der Waals surface area contributed by atoms with Crippen molar-refractivity contribution >= 4 is 28.5 Å². The molecule has 1 aliphatic heterocycles. The number of alkyl halides is 1. The topological polar surface area (TPSA) is 18.5 Å². The van der Waals surface area contributed by atoms with Crippen LogP contribution in [0.25, 0.3) is 0 Å². The van der Waals surface area contributed by atoms with Crippen LogP contribution in [0, 0.1) is 5.41 Å². The van der Waals surface area contributed by atoms with Crippen LogP contribution in [0.15, 0.2) is 24.3 Å². The highest BCUT2D eigenvalue weighted by Crippen LogP contribution is 2.21. The highest BCUT2D eigenvalue weighted by molar-refractivity contribution is 9.08. The average Bonchev–Trinajstić information content (AvgIpc) is 2.41. The van der Waals surface area contributed by atoms with E-state index in [4.69, 9.17) is 9.31 Å². The lowest BCUT2D eigenvalue weighted by Gasteiger charge is -2.33. The number of halogens is 1. The normalized spacial score (nSPS) is 17.9. The van der Waals surface area contributed by atoms with Gasteiger partial charge in [0.25, 0.3) is 0 Å². The van der Waals surface area contributed by atoms with Gasteiger partial charge in [-0.05, 0) is 11.0 Å². The zero-order chi connectivity index (χ0) is 13.6. The van der Waals surface area contributed by atoms with Gasteiger partial charge in [0.05, 0.1) is 0 Å². The lowest BCUT2D eigenvalue weighted by Crippen LogP contribution is -2.47. The van der Waals surface area contributed by atoms with E-state index in [1.807, 2.05) is 19.9 Å². The first-order valence-electron chi connectivity index (χ1n) is 6.49. The lowest BCUT2D eigenvalue weighted by atomic mass is 9.75. The molecule has 1 aliphatic rings. The summed E-state index contributed by atoms with van der Waals surface area (Å²) in [5.74, 6) is 0. The second-order valence-corrected chi connectivity index (χ2v) is 5.56. The van der Waals surface area contributed by atoms with Gasteiger partial charge in [0.1, 0.15) is 0 Å². The van der Waals surface area contributed by atoms with Crippen molar-refractivity contribution < 1.29 is 9.31 Å². The Morgan fingerprint density at radius 3 is 2.39 bits per heavy atom. The molecular weight excluding hydrogens is 291 g/mol. The van der Waals surface area contributed by atoms with E-state index in [0.29, 0.717) is 0 Å². The number of hydrogen-bond donors (Lipinski definition) is 0. The molecule has 0 amide bonds. The first-order valence-corrected chi connectivity index (χ1v) is 7.61. The van der Waals surface area contributed by atoms with Crippen molar-refractivity contribution in [3.63, 3.8) is 0 Å². The zero-order valence-electron chi connectivity index (χ0n) is 11.7. The fourth-order valence-electron chi connectivity index (χ4n) is 1.71. The Kier molecular flexibility index (Phi) is 6.40. The average molecular weight is 313 g/mol. The molecule has 4 heteroatoms. The molecule has 0 spiro atoms. The Hall–Kier alpha value is -0.315. The molecule has 1 fully saturated rings. The predicted octanol–water partition coefficient (Wildman–Crippen LogP) is 3.38. The maximum absolute atomic E-state index is 5.74. The molecule has 18 heavy (non-hydrogen) atoms. The van der Waals surface area contributed by atoms with Crippen molar-refractivity contribution in [1.82, 2.24) is 0 Å². The van der Waals surface area contributed by atoms with Crippen LogP contribution in [0.4, 0.5) is 0 Å². The smallest absolute Gasteiger partial charge is 0.407 e. The van der Waals surface area contributed by atoms with E-state index in [1.165, 1.54) is 5.56 Å². The van der Waals surface area contributed by atoms with Crippen molar-refractivity contribution in [3.8, 4) is 0 Å². The van der Waals surface area contributed by atoms with Crippen LogP contribution < -0.4 is 5.46 Å². The van der Waals surface area contributed by atoms with Gasteiger partial charge in [-0.3, -0.25) is 0 Å². The van der Waals surface area contributed by atoms with Gasteiger partial charge in [0.2, 0.25) is 0 Å². The summed E-state index contributed by atoms with van der Waals surface area (Å²) in [6.45, 7) is 9.79. The minimum absolute atomic E-state index is 0.129. The molecular formula is C14H22BBrO2. The van der Waals surface area contributed by atoms with Crippen molar-refractivity contribution in [2.24, 2.45) is 5.41 Å². The minimum Gasteiger partial charge on any atom is -0.407 e. The van der Waals surface area contributed by atoms with Crippen LogP contribution in [-0.2, 0) is 14.6 Å². The second-order valence-electron chi connectivity index (χ2n) is 5.00. The Labute approximate surface area is 119 Å². The second kappa shape index (κ2) is 7.32. The van der Waals surface area contributed by atoms with Crippen LogP contribution in [-0.4, -0.2) is 20.3 Å². The van der Waals surface area contributed by atoms with Crippen molar-refractivity contribution in [3.05, 3.63) is 29.8 Å². The molecule has 1 heterocycles. The van der Waals surface area contributed by atoms with Gasteiger partial charge < -0.3 is 9.31 Å². The summed E-state index contributed by atoms with van der Waals surface area (Å²) in [6.07, 6.45) is 0. The summed E-state index contributed by atoms with van der Waals surface area (Å²) in [4.78, 5) is 0. The standard InChI is InChI=1S/C12H16BBrO2.C2H6/c1-12(2)8-15-13(16-9-12)11-5-3-4-10(6-11)7-14;1-2/h3-6H,7-9H2,1-2H3;1-2H3. The van der Waals surface area contributed by atoms with Crippen molar-refractivity contribution in [1.29, 1.82) is 0 Å². The summed E-state index contributed by atoms with van der Waals surface area (Å²) < 4.78 is 11.5. The van der Waals surface area contributed by atoms with Crippen molar-refractivity contribution in [2.75, 3.05) is 13.2 Å². The fourth-order valence-corrected chi connectivity index (χ4v) is 2.06. The third kappa shape index (κ3) is 4.41. The fraction of sp³-hybridized carbons (Fsp3) is 0.571. The summed E-state index contributed by atoms with van der Waals surface area (Å²) in [5, 5.41) is 0.860. The van der Waals surface area contributed by atoms with Gasteiger partial charge in [0, 0.05) is 24.0 Å². The van der Waals surface area contributed by atoms with Crippen molar-refractivity contribution in [2.45, 2.75) is 33.0 Å². The van der Waals surface area contributed by atoms with Crippen LogP contribution in [0.2, 0.25) is 0 Å². The van der Waals surface area contributed by atoms with Gasteiger partial charge in [0.15, 0.2) is 0 Å². The molecule has 1 saturated heterocycles. The van der Waals surface area contributed by atoms with Crippen LogP contribution in [0.3, 0.4) is 0 Å². The van der Waals surface area contributed by atoms with Gasteiger partial charge in [-0.2, -0.15) is 0 Å². The molecule has 1 aromatic carbocycles. The molecule has 100 valence electrons. The number of hydrogen-bond acceptors (Lipinski definition) is 2. The molecule has 2 rings (SSSR count). The summed E-state index contributed by atoms with van der Waals surface area (Å²) in [7, 11) is -0.202. The zero-order valence-corrected chi connectivity index (χ0v) is 13.3. The van der Waals surface area contributed by atoms with Gasteiger partial charge in [-0.1, -0.05) is 67.9 Å². The van der Waals surface area contributed by atoms with E-state index in [-0.39, 0.29) is 12.5 Å². The molecule has 1 aromatic rings. The monoisotopic (exact) mass is 312 g/mol. The number of benzene rings is 1. The Morgan fingerprint density at radius 1 is 1.22 bits per heavy atom. The van der Waals surface area contributed by atoms with E-state index >= 15 is 0 Å². The first-order chi connectivity index (χ1) is 8.61. The van der Waals surface area contributed by atoms with Crippen LogP contribution in [0.5, 0.6) is 0 Å². The molecule has 0 unspecified atom stereocenters. The molecule has 0 bridgehead atoms. The van der Waals surface area contributed by atoms with E-state index < -0.39 is 0 Å². The highest BCUT2D eigenvalue weighted by atomic mass is 79.9. The molecule has 0 aliphatic carbocycles. The van der Waals surface area contributed by atoms with E-state index in [2.05, 4.69) is 48.0 Å². The molecule has 0 aromatic heterocycles. The summed E-state index contributed by atoms with van der Waals surface area (Å²) >= 11 is 3.45. The molecule has 0 saturated carbocycles. The molecule has 0 N–H and O–H groups in total. The minimum atomic E-state index is -0.202. The Balaban J connectivity index is 0.000000771. The predicted molar refractivity (Wildman–Crippen MR) is 81.5 cm³/mol. The van der Waals surface area contributed by atoms with Gasteiger partial charge >= 0.3 is 7.12 Å². The Bertz CT molecular complexity index is 359.